The van der Waals surface area contributed by atoms with E-state index in [1.54, 1.807) is 0 Å². The second-order valence-electron chi connectivity index (χ2n) is 3.40. The van der Waals surface area contributed by atoms with Crippen LogP contribution in [0.15, 0.2) is 30.5 Å². The Morgan fingerprint density at radius 2 is 2.06 bits per heavy atom. The molecule has 0 bridgehead atoms. The van der Waals surface area contributed by atoms with Gasteiger partial charge in [0.05, 0.1) is 23.0 Å². The molecule has 0 atom stereocenters. The number of aromatic amines is 1. The molecule has 1 aromatic heterocycles. The highest BCUT2D eigenvalue weighted by molar-refractivity contribution is 5.85. The van der Waals surface area contributed by atoms with Crippen LogP contribution < -0.4 is 0 Å². The van der Waals surface area contributed by atoms with E-state index in [0.29, 0.717) is 6.29 Å². The summed E-state index contributed by atoms with van der Waals surface area (Å²) in [5.74, 6) is 0. The van der Waals surface area contributed by atoms with Crippen molar-refractivity contribution in [2.45, 2.75) is 6.18 Å². The van der Waals surface area contributed by atoms with Gasteiger partial charge in [-0.2, -0.15) is 18.3 Å². The molecule has 0 aliphatic rings. The average molecular weight is 240 g/mol. The van der Waals surface area contributed by atoms with Crippen molar-refractivity contribution in [2.75, 3.05) is 0 Å². The van der Waals surface area contributed by atoms with E-state index in [2.05, 4.69) is 10.2 Å². The van der Waals surface area contributed by atoms with Crippen LogP contribution >= 0.6 is 0 Å². The minimum Gasteiger partial charge on any atom is -0.298 e. The largest absolute Gasteiger partial charge is 0.416 e. The van der Waals surface area contributed by atoms with Crippen LogP contribution in [0.2, 0.25) is 0 Å². The smallest absolute Gasteiger partial charge is 0.298 e. The quantitative estimate of drug-likeness (QED) is 0.820. The van der Waals surface area contributed by atoms with Crippen LogP contribution in [0.25, 0.3) is 11.3 Å². The number of aromatic nitrogens is 2. The fourth-order valence-corrected chi connectivity index (χ4v) is 1.47. The lowest BCUT2D eigenvalue weighted by atomic mass is 10.1. The molecule has 0 unspecified atom stereocenters. The zero-order chi connectivity index (χ0) is 12.5. The molecule has 3 nitrogen and oxygen atoms in total. The second-order valence-corrected chi connectivity index (χ2v) is 3.40. The van der Waals surface area contributed by atoms with Crippen molar-refractivity contribution in [2.24, 2.45) is 0 Å². The lowest BCUT2D eigenvalue weighted by Crippen LogP contribution is -2.04. The number of carbonyl (C=O) groups excluding carboxylic acids is 1. The van der Waals surface area contributed by atoms with Crippen LogP contribution in [0.5, 0.6) is 0 Å². The number of aldehydes is 1. The normalized spacial score (nSPS) is 11.5. The maximum atomic E-state index is 12.5. The van der Waals surface area contributed by atoms with E-state index in [1.807, 2.05) is 0 Å². The highest BCUT2D eigenvalue weighted by Crippen LogP contribution is 2.32. The molecule has 2 aromatic rings. The van der Waals surface area contributed by atoms with Crippen LogP contribution in [0.4, 0.5) is 13.2 Å². The molecular weight excluding hydrogens is 233 g/mol. The predicted octanol–water partition coefficient (Wildman–Crippen LogP) is 2.91. The molecular formula is C11H7F3N2O. The second kappa shape index (κ2) is 4.04. The van der Waals surface area contributed by atoms with Gasteiger partial charge in [-0.1, -0.05) is 12.1 Å². The van der Waals surface area contributed by atoms with Gasteiger partial charge in [0, 0.05) is 5.56 Å². The molecule has 2 rings (SSSR count). The van der Waals surface area contributed by atoms with Gasteiger partial charge in [-0.15, -0.1) is 0 Å². The number of alkyl halides is 3. The molecule has 0 fully saturated rings. The minimum absolute atomic E-state index is 0.226. The number of rotatable bonds is 2. The van der Waals surface area contributed by atoms with Gasteiger partial charge in [0.25, 0.3) is 0 Å². The van der Waals surface area contributed by atoms with E-state index < -0.39 is 11.7 Å². The first-order chi connectivity index (χ1) is 8.02. The fourth-order valence-electron chi connectivity index (χ4n) is 1.47. The third kappa shape index (κ3) is 2.20. The number of halogens is 3. The molecule has 17 heavy (non-hydrogen) atoms. The molecule has 1 aromatic carbocycles. The topological polar surface area (TPSA) is 45.8 Å². The minimum atomic E-state index is -4.41. The third-order valence-corrected chi connectivity index (χ3v) is 2.27. The number of nitrogens with one attached hydrogen (secondary N) is 1. The van der Waals surface area contributed by atoms with Gasteiger partial charge < -0.3 is 0 Å². The van der Waals surface area contributed by atoms with Crippen LogP contribution in [0.1, 0.15) is 15.9 Å². The van der Waals surface area contributed by atoms with Crippen LogP contribution in [-0.2, 0) is 6.18 Å². The Bertz CT molecular complexity index is 546. The lowest BCUT2D eigenvalue weighted by Gasteiger charge is -2.07. The van der Waals surface area contributed by atoms with Gasteiger partial charge >= 0.3 is 6.18 Å². The summed E-state index contributed by atoms with van der Waals surface area (Å²) in [7, 11) is 0. The molecule has 0 aliphatic carbocycles. The summed E-state index contributed by atoms with van der Waals surface area (Å²) < 4.78 is 37.5. The van der Waals surface area contributed by atoms with E-state index in [4.69, 9.17) is 0 Å². The molecule has 0 radical (unpaired) electrons. The number of benzene rings is 1. The number of carbonyl (C=O) groups is 1. The zero-order valence-corrected chi connectivity index (χ0v) is 8.45. The third-order valence-electron chi connectivity index (χ3n) is 2.27. The van der Waals surface area contributed by atoms with Crippen molar-refractivity contribution < 1.29 is 18.0 Å². The summed E-state index contributed by atoms with van der Waals surface area (Å²) in [6.45, 7) is 0. The number of hydrogen-bond donors (Lipinski definition) is 1. The number of nitrogens with zero attached hydrogens (tertiary/aromatic N) is 1. The Hall–Kier alpha value is -2.11. The van der Waals surface area contributed by atoms with Gasteiger partial charge in [0.2, 0.25) is 0 Å². The SMILES string of the molecule is O=Cc1cn[nH]c1-c1cccc(C(F)(F)F)c1. The summed E-state index contributed by atoms with van der Waals surface area (Å²) in [5.41, 5.74) is 0.0244. The van der Waals surface area contributed by atoms with Crippen LogP contribution in [0, 0.1) is 0 Å². The first-order valence-corrected chi connectivity index (χ1v) is 4.68. The molecule has 0 spiro atoms. The zero-order valence-electron chi connectivity index (χ0n) is 8.45. The molecule has 1 N–H and O–H groups in total. The summed E-state index contributed by atoms with van der Waals surface area (Å²) in [4.78, 5) is 10.7. The Labute approximate surface area is 94.3 Å². The van der Waals surface area contributed by atoms with Crippen LogP contribution in [0.3, 0.4) is 0 Å². The fraction of sp³-hybridized carbons (Fsp3) is 0.0909. The van der Waals surface area contributed by atoms with Crippen molar-refractivity contribution in [3.8, 4) is 11.3 Å². The molecule has 0 saturated heterocycles. The molecule has 6 heteroatoms. The van der Waals surface area contributed by atoms with E-state index >= 15 is 0 Å². The molecule has 1 heterocycles. The van der Waals surface area contributed by atoms with Crippen molar-refractivity contribution in [3.63, 3.8) is 0 Å². The first-order valence-electron chi connectivity index (χ1n) is 4.68. The van der Waals surface area contributed by atoms with Crippen molar-refractivity contribution >= 4 is 6.29 Å². The molecule has 0 aliphatic heterocycles. The summed E-state index contributed by atoms with van der Waals surface area (Å²) in [5, 5.41) is 6.13. The van der Waals surface area contributed by atoms with Gasteiger partial charge in [-0.05, 0) is 12.1 Å². The Kier molecular flexibility index (Phi) is 2.71. The Morgan fingerprint density at radius 1 is 1.29 bits per heavy atom. The van der Waals surface area contributed by atoms with Crippen LogP contribution in [-0.4, -0.2) is 16.5 Å². The van der Waals surface area contributed by atoms with E-state index in [0.717, 1.165) is 12.1 Å². The molecule has 0 saturated carbocycles. The average Bonchev–Trinajstić information content (AvgIpc) is 2.76. The summed E-state index contributed by atoms with van der Waals surface area (Å²) in [6, 6.07) is 4.71. The van der Waals surface area contributed by atoms with E-state index in [-0.39, 0.29) is 16.8 Å². The van der Waals surface area contributed by atoms with Crippen molar-refractivity contribution in [1.29, 1.82) is 0 Å². The van der Waals surface area contributed by atoms with Crippen molar-refractivity contribution in [3.05, 3.63) is 41.6 Å². The highest BCUT2D eigenvalue weighted by Gasteiger charge is 2.30. The highest BCUT2D eigenvalue weighted by atomic mass is 19.4. The maximum absolute atomic E-state index is 12.5. The summed E-state index contributed by atoms with van der Waals surface area (Å²) in [6.07, 6.45) is -2.60. The van der Waals surface area contributed by atoms with Crippen molar-refractivity contribution in [1.82, 2.24) is 10.2 Å². The van der Waals surface area contributed by atoms with Gasteiger partial charge in [-0.25, -0.2) is 0 Å². The molecule has 0 amide bonds. The standard InChI is InChI=1S/C11H7F3N2O/c12-11(13,14)9-3-1-2-7(4-9)10-8(6-17)5-15-16-10/h1-6H,(H,15,16). The number of H-pyrrole nitrogens is 1. The maximum Gasteiger partial charge on any atom is 0.416 e. The Balaban J connectivity index is 2.51. The molecule has 88 valence electrons. The van der Waals surface area contributed by atoms with E-state index in [1.165, 1.54) is 18.3 Å². The predicted molar refractivity (Wildman–Crippen MR) is 54.4 cm³/mol. The van der Waals surface area contributed by atoms with Gasteiger partial charge in [0.15, 0.2) is 6.29 Å². The Morgan fingerprint density at radius 3 is 2.71 bits per heavy atom. The first kappa shape index (κ1) is 11.4. The number of hydrogen-bond acceptors (Lipinski definition) is 2. The van der Waals surface area contributed by atoms with E-state index in [9.17, 15) is 18.0 Å². The van der Waals surface area contributed by atoms with Gasteiger partial charge in [0.1, 0.15) is 0 Å². The summed E-state index contributed by atoms with van der Waals surface area (Å²) >= 11 is 0. The monoisotopic (exact) mass is 240 g/mol. The lowest BCUT2D eigenvalue weighted by molar-refractivity contribution is -0.137. The van der Waals surface area contributed by atoms with Gasteiger partial charge in [-0.3, -0.25) is 9.89 Å².